The minimum atomic E-state index is -0.231. The van der Waals surface area contributed by atoms with E-state index in [1.807, 2.05) is 13.8 Å². The van der Waals surface area contributed by atoms with Crippen LogP contribution in [0, 0.1) is 5.41 Å². The lowest BCUT2D eigenvalue weighted by Gasteiger charge is -2.26. The molecular weight excluding hydrogens is 192 g/mol. The second-order valence-electron chi connectivity index (χ2n) is 4.15. The third-order valence-corrected chi connectivity index (χ3v) is 3.20. The maximum atomic E-state index is 11.9. The number of ether oxygens (including phenoxy) is 2. The van der Waals surface area contributed by atoms with E-state index in [-0.39, 0.29) is 11.4 Å². The summed E-state index contributed by atoms with van der Waals surface area (Å²) in [6, 6.07) is 0. The van der Waals surface area contributed by atoms with Gasteiger partial charge in [-0.25, -0.2) is 0 Å². The normalized spacial score (nSPS) is 19.1. The lowest BCUT2D eigenvalue weighted by molar-refractivity contribution is -0.156. The van der Waals surface area contributed by atoms with E-state index in [4.69, 9.17) is 9.47 Å². The summed E-state index contributed by atoms with van der Waals surface area (Å²) in [7, 11) is 0. The zero-order valence-electron chi connectivity index (χ0n) is 9.88. The fraction of sp³-hybridized carbons (Fsp3) is 0.917. The molecule has 0 spiro atoms. The van der Waals surface area contributed by atoms with E-state index in [0.29, 0.717) is 13.2 Å². The number of carbonyl (C=O) groups is 1. The highest BCUT2D eigenvalue weighted by Gasteiger charge is 2.41. The molecule has 0 N–H and O–H groups in total. The third-order valence-electron chi connectivity index (χ3n) is 3.20. The number of hydrogen-bond donors (Lipinski definition) is 0. The molecule has 1 aliphatic carbocycles. The molecule has 0 unspecified atom stereocenters. The molecule has 0 bridgehead atoms. The predicted octanol–water partition coefficient (Wildman–Crippen LogP) is 2.54. The molecule has 0 amide bonds. The Balaban J connectivity index is 2.49. The van der Waals surface area contributed by atoms with Gasteiger partial charge in [0.15, 0.2) is 0 Å². The van der Waals surface area contributed by atoms with Crippen molar-refractivity contribution in [3.63, 3.8) is 0 Å². The summed E-state index contributed by atoms with van der Waals surface area (Å²) in [5.74, 6) is -0.0118. The zero-order chi connectivity index (χ0) is 11.1. The maximum absolute atomic E-state index is 11.9. The largest absolute Gasteiger partial charge is 0.466 e. The third kappa shape index (κ3) is 3.20. The van der Waals surface area contributed by atoms with Gasteiger partial charge in [-0.1, -0.05) is 12.8 Å². The fourth-order valence-corrected chi connectivity index (χ4v) is 2.30. The van der Waals surface area contributed by atoms with Crippen LogP contribution in [0.3, 0.4) is 0 Å². The summed E-state index contributed by atoms with van der Waals surface area (Å²) >= 11 is 0. The molecule has 3 nitrogen and oxygen atoms in total. The van der Waals surface area contributed by atoms with Gasteiger partial charge in [0.2, 0.25) is 0 Å². The first-order valence-corrected chi connectivity index (χ1v) is 6.00. The highest BCUT2D eigenvalue weighted by Crippen LogP contribution is 2.42. The first-order valence-electron chi connectivity index (χ1n) is 6.00. The lowest BCUT2D eigenvalue weighted by atomic mass is 9.83. The van der Waals surface area contributed by atoms with Crippen molar-refractivity contribution < 1.29 is 14.3 Å². The van der Waals surface area contributed by atoms with Crippen LogP contribution in [-0.4, -0.2) is 25.8 Å². The number of rotatable bonds is 6. The summed E-state index contributed by atoms with van der Waals surface area (Å²) in [5, 5.41) is 0. The molecule has 0 saturated heterocycles. The topological polar surface area (TPSA) is 35.5 Å². The van der Waals surface area contributed by atoms with Crippen LogP contribution in [0.5, 0.6) is 0 Å². The first-order chi connectivity index (χ1) is 7.25. The Bertz CT molecular complexity index is 195. The van der Waals surface area contributed by atoms with E-state index in [2.05, 4.69) is 0 Å². The lowest BCUT2D eigenvalue weighted by Crippen LogP contribution is -2.31. The molecule has 0 atom stereocenters. The van der Waals surface area contributed by atoms with Gasteiger partial charge in [0.25, 0.3) is 0 Å². The number of esters is 1. The Labute approximate surface area is 92.1 Å². The van der Waals surface area contributed by atoms with Crippen molar-refractivity contribution in [1.29, 1.82) is 0 Å². The van der Waals surface area contributed by atoms with Crippen LogP contribution in [0.2, 0.25) is 0 Å². The van der Waals surface area contributed by atoms with Crippen molar-refractivity contribution in [2.75, 3.05) is 19.8 Å². The minimum Gasteiger partial charge on any atom is -0.466 e. The van der Waals surface area contributed by atoms with Gasteiger partial charge in [0.05, 0.1) is 12.0 Å². The van der Waals surface area contributed by atoms with Crippen molar-refractivity contribution in [3.8, 4) is 0 Å². The van der Waals surface area contributed by atoms with Gasteiger partial charge in [-0.2, -0.15) is 0 Å². The number of carbonyl (C=O) groups excluding carboxylic acids is 1. The summed E-state index contributed by atoms with van der Waals surface area (Å²) < 4.78 is 10.5. The van der Waals surface area contributed by atoms with Gasteiger partial charge in [-0.15, -0.1) is 0 Å². The Morgan fingerprint density at radius 2 is 1.87 bits per heavy atom. The smallest absolute Gasteiger partial charge is 0.312 e. The molecule has 1 fully saturated rings. The average Bonchev–Trinajstić information content (AvgIpc) is 2.69. The molecular formula is C12H22O3. The van der Waals surface area contributed by atoms with E-state index >= 15 is 0 Å². The first kappa shape index (κ1) is 12.5. The molecule has 1 saturated carbocycles. The molecule has 0 aromatic heterocycles. The van der Waals surface area contributed by atoms with E-state index in [9.17, 15) is 4.79 Å². The van der Waals surface area contributed by atoms with E-state index in [0.717, 1.165) is 38.7 Å². The summed E-state index contributed by atoms with van der Waals surface area (Å²) in [6.07, 6.45) is 5.05. The van der Waals surface area contributed by atoms with Crippen LogP contribution >= 0.6 is 0 Å². The highest BCUT2D eigenvalue weighted by molar-refractivity contribution is 5.77. The van der Waals surface area contributed by atoms with Crippen LogP contribution in [0.1, 0.15) is 46.0 Å². The van der Waals surface area contributed by atoms with Gasteiger partial charge in [-0.3, -0.25) is 4.79 Å². The average molecular weight is 214 g/mol. The second-order valence-corrected chi connectivity index (χ2v) is 4.15. The molecule has 3 heteroatoms. The molecule has 88 valence electrons. The highest BCUT2D eigenvalue weighted by atomic mass is 16.5. The molecule has 0 radical (unpaired) electrons. The Morgan fingerprint density at radius 3 is 2.40 bits per heavy atom. The van der Waals surface area contributed by atoms with Crippen LogP contribution in [0.15, 0.2) is 0 Å². The Morgan fingerprint density at radius 1 is 1.20 bits per heavy atom. The molecule has 1 aliphatic rings. The molecule has 0 aromatic carbocycles. The van der Waals surface area contributed by atoms with Gasteiger partial charge < -0.3 is 9.47 Å². The van der Waals surface area contributed by atoms with Crippen molar-refractivity contribution >= 4 is 5.97 Å². The monoisotopic (exact) mass is 214 g/mol. The van der Waals surface area contributed by atoms with Gasteiger partial charge in [0, 0.05) is 13.2 Å². The quantitative estimate of drug-likeness (QED) is 0.503. The van der Waals surface area contributed by atoms with Crippen LogP contribution in [0.25, 0.3) is 0 Å². The molecule has 0 aliphatic heterocycles. The molecule has 15 heavy (non-hydrogen) atoms. The summed E-state index contributed by atoms with van der Waals surface area (Å²) in [5.41, 5.74) is -0.231. The summed E-state index contributed by atoms with van der Waals surface area (Å²) in [4.78, 5) is 11.9. The van der Waals surface area contributed by atoms with E-state index in [1.54, 1.807) is 0 Å². The second kappa shape index (κ2) is 6.11. The summed E-state index contributed by atoms with van der Waals surface area (Å²) in [6.45, 7) is 5.72. The standard InChI is InChI=1S/C12H22O3/c1-3-14-10-9-12(7-5-6-8-12)11(13)15-4-2/h3-10H2,1-2H3. The van der Waals surface area contributed by atoms with Crippen molar-refractivity contribution in [3.05, 3.63) is 0 Å². The van der Waals surface area contributed by atoms with Crippen LogP contribution < -0.4 is 0 Å². The Hall–Kier alpha value is -0.570. The van der Waals surface area contributed by atoms with Crippen molar-refractivity contribution in [2.24, 2.45) is 5.41 Å². The fourth-order valence-electron chi connectivity index (χ4n) is 2.30. The molecule has 0 aromatic rings. The van der Waals surface area contributed by atoms with Crippen LogP contribution in [0.4, 0.5) is 0 Å². The van der Waals surface area contributed by atoms with Crippen molar-refractivity contribution in [2.45, 2.75) is 46.0 Å². The molecule has 1 rings (SSSR count). The van der Waals surface area contributed by atoms with Gasteiger partial charge >= 0.3 is 5.97 Å². The van der Waals surface area contributed by atoms with Crippen LogP contribution in [-0.2, 0) is 14.3 Å². The van der Waals surface area contributed by atoms with Crippen molar-refractivity contribution in [1.82, 2.24) is 0 Å². The predicted molar refractivity (Wildman–Crippen MR) is 58.6 cm³/mol. The number of hydrogen-bond acceptors (Lipinski definition) is 3. The van der Waals surface area contributed by atoms with E-state index < -0.39 is 0 Å². The van der Waals surface area contributed by atoms with Gasteiger partial charge in [-0.05, 0) is 33.1 Å². The van der Waals surface area contributed by atoms with Gasteiger partial charge in [0.1, 0.15) is 0 Å². The minimum absolute atomic E-state index is 0.0118. The maximum Gasteiger partial charge on any atom is 0.312 e. The SMILES string of the molecule is CCOCCC1(C(=O)OCC)CCCC1. The molecule has 0 heterocycles. The zero-order valence-corrected chi connectivity index (χ0v) is 9.88. The van der Waals surface area contributed by atoms with E-state index in [1.165, 1.54) is 0 Å². The Kier molecular flexibility index (Phi) is 5.09.